The monoisotopic (exact) mass is 239 g/mol. The third kappa shape index (κ3) is 3.87. The van der Waals surface area contributed by atoms with E-state index in [9.17, 15) is 4.79 Å². The molecule has 2 heterocycles. The molecule has 4 heteroatoms. The smallest absolute Gasteiger partial charge is 0.317 e. The molecule has 2 fully saturated rings. The van der Waals surface area contributed by atoms with Crippen LogP contribution >= 0.6 is 0 Å². The summed E-state index contributed by atoms with van der Waals surface area (Å²) in [5, 5.41) is 3.03. The fraction of sp³-hybridized carbons (Fsp3) is 0.923. The molecule has 0 saturated carbocycles. The van der Waals surface area contributed by atoms with Crippen LogP contribution in [0.5, 0.6) is 0 Å². The number of nitrogens with zero attached hydrogens (tertiary/aromatic N) is 2. The maximum atomic E-state index is 11.7. The Balaban J connectivity index is 1.57. The van der Waals surface area contributed by atoms with Crippen LogP contribution in [0.2, 0.25) is 0 Å². The van der Waals surface area contributed by atoms with Gasteiger partial charge in [-0.3, -0.25) is 0 Å². The summed E-state index contributed by atoms with van der Waals surface area (Å²) >= 11 is 0. The minimum Gasteiger partial charge on any atom is -0.337 e. The highest BCUT2D eigenvalue weighted by molar-refractivity contribution is 5.74. The molecule has 2 amide bonds. The molecule has 4 nitrogen and oxygen atoms in total. The van der Waals surface area contributed by atoms with Crippen molar-refractivity contribution in [2.75, 3.05) is 39.3 Å². The molecule has 0 aromatic carbocycles. The average molecular weight is 239 g/mol. The molecular formula is C13H25N3O. The van der Waals surface area contributed by atoms with Crippen LogP contribution in [0.3, 0.4) is 0 Å². The van der Waals surface area contributed by atoms with E-state index in [1.807, 2.05) is 4.90 Å². The molecule has 0 unspecified atom stereocenters. The summed E-state index contributed by atoms with van der Waals surface area (Å²) in [6.45, 7) is 8.39. The summed E-state index contributed by atoms with van der Waals surface area (Å²) in [6.07, 6.45) is 4.94. The van der Waals surface area contributed by atoms with Crippen molar-refractivity contribution >= 4 is 6.03 Å². The van der Waals surface area contributed by atoms with Crippen molar-refractivity contribution in [2.45, 2.75) is 32.6 Å². The van der Waals surface area contributed by atoms with Crippen molar-refractivity contribution in [3.8, 4) is 0 Å². The number of hydrogen-bond donors (Lipinski definition) is 1. The number of carbonyl (C=O) groups is 1. The fourth-order valence-electron chi connectivity index (χ4n) is 2.64. The van der Waals surface area contributed by atoms with Gasteiger partial charge in [0, 0.05) is 26.2 Å². The van der Waals surface area contributed by atoms with Gasteiger partial charge in [0.1, 0.15) is 0 Å². The molecule has 98 valence electrons. The molecule has 1 N–H and O–H groups in total. The topological polar surface area (TPSA) is 35.6 Å². The Kier molecular flexibility index (Phi) is 4.66. The van der Waals surface area contributed by atoms with E-state index in [0.717, 1.165) is 44.9 Å². The molecule has 2 saturated heterocycles. The number of nitrogens with one attached hydrogen (secondary N) is 1. The number of rotatable bonds is 3. The van der Waals surface area contributed by atoms with E-state index in [1.165, 1.54) is 25.9 Å². The Morgan fingerprint density at radius 2 is 1.82 bits per heavy atom. The third-order valence-corrected chi connectivity index (χ3v) is 3.97. The van der Waals surface area contributed by atoms with Crippen molar-refractivity contribution in [1.29, 1.82) is 0 Å². The summed E-state index contributed by atoms with van der Waals surface area (Å²) in [5.74, 6) is 0.880. The second-order valence-electron chi connectivity index (χ2n) is 5.45. The third-order valence-electron chi connectivity index (χ3n) is 3.97. The SMILES string of the molecule is CC1CCN(CCNC(=O)N2CCCC2)CC1. The average Bonchev–Trinajstić information content (AvgIpc) is 2.85. The largest absolute Gasteiger partial charge is 0.337 e. The maximum absolute atomic E-state index is 11.7. The lowest BCUT2D eigenvalue weighted by atomic mass is 9.99. The minimum absolute atomic E-state index is 0.132. The first-order chi connectivity index (χ1) is 8.25. The molecule has 17 heavy (non-hydrogen) atoms. The summed E-state index contributed by atoms with van der Waals surface area (Å²) in [4.78, 5) is 16.1. The number of likely N-dealkylation sites (tertiary alicyclic amines) is 2. The Bertz CT molecular complexity index is 243. The van der Waals surface area contributed by atoms with E-state index in [4.69, 9.17) is 0 Å². The first-order valence-corrected chi connectivity index (χ1v) is 7.01. The number of urea groups is 1. The van der Waals surface area contributed by atoms with Crippen LogP contribution < -0.4 is 5.32 Å². The van der Waals surface area contributed by atoms with Crippen LogP contribution in [-0.2, 0) is 0 Å². The van der Waals surface area contributed by atoms with Gasteiger partial charge in [0.05, 0.1) is 0 Å². The van der Waals surface area contributed by atoms with Crippen LogP contribution in [0.1, 0.15) is 32.6 Å². The van der Waals surface area contributed by atoms with Gasteiger partial charge in [-0.15, -0.1) is 0 Å². The van der Waals surface area contributed by atoms with Gasteiger partial charge in [-0.1, -0.05) is 6.92 Å². The molecule has 2 aliphatic heterocycles. The number of amides is 2. The Morgan fingerprint density at radius 3 is 2.47 bits per heavy atom. The van der Waals surface area contributed by atoms with Gasteiger partial charge < -0.3 is 15.1 Å². The van der Waals surface area contributed by atoms with E-state index >= 15 is 0 Å². The quantitative estimate of drug-likeness (QED) is 0.810. The van der Waals surface area contributed by atoms with Crippen molar-refractivity contribution in [1.82, 2.24) is 15.1 Å². The Labute approximate surface area is 104 Å². The summed E-state index contributed by atoms with van der Waals surface area (Å²) in [7, 11) is 0. The normalized spacial score (nSPS) is 23.0. The van der Waals surface area contributed by atoms with E-state index in [-0.39, 0.29) is 6.03 Å². The lowest BCUT2D eigenvalue weighted by Gasteiger charge is -2.30. The molecule has 0 bridgehead atoms. The molecule has 0 atom stereocenters. The maximum Gasteiger partial charge on any atom is 0.317 e. The van der Waals surface area contributed by atoms with Crippen molar-refractivity contribution in [2.24, 2.45) is 5.92 Å². The molecule has 2 aliphatic rings. The van der Waals surface area contributed by atoms with E-state index in [1.54, 1.807) is 0 Å². The molecule has 0 aromatic heterocycles. The van der Waals surface area contributed by atoms with Gasteiger partial charge in [-0.2, -0.15) is 0 Å². The highest BCUT2D eigenvalue weighted by Gasteiger charge is 2.18. The van der Waals surface area contributed by atoms with Gasteiger partial charge in [0.15, 0.2) is 0 Å². The van der Waals surface area contributed by atoms with Crippen LogP contribution in [0, 0.1) is 5.92 Å². The van der Waals surface area contributed by atoms with Crippen LogP contribution in [0.15, 0.2) is 0 Å². The highest BCUT2D eigenvalue weighted by Crippen LogP contribution is 2.15. The predicted octanol–water partition coefficient (Wildman–Crippen LogP) is 1.52. The van der Waals surface area contributed by atoms with Crippen LogP contribution in [-0.4, -0.2) is 55.1 Å². The number of carbonyl (C=O) groups excluding carboxylic acids is 1. The highest BCUT2D eigenvalue weighted by atomic mass is 16.2. The minimum atomic E-state index is 0.132. The lowest BCUT2D eigenvalue weighted by Crippen LogP contribution is -2.43. The second-order valence-corrected chi connectivity index (χ2v) is 5.45. The standard InChI is InChI=1S/C13H25N3O/c1-12-4-9-15(10-5-12)11-6-14-13(17)16-7-2-3-8-16/h12H,2-11H2,1H3,(H,14,17). The van der Waals surface area contributed by atoms with Gasteiger partial charge >= 0.3 is 6.03 Å². The van der Waals surface area contributed by atoms with E-state index in [2.05, 4.69) is 17.1 Å². The summed E-state index contributed by atoms with van der Waals surface area (Å²) in [6, 6.07) is 0.132. The van der Waals surface area contributed by atoms with E-state index < -0.39 is 0 Å². The molecular weight excluding hydrogens is 214 g/mol. The molecule has 0 spiro atoms. The summed E-state index contributed by atoms with van der Waals surface area (Å²) in [5.41, 5.74) is 0. The first kappa shape index (κ1) is 12.7. The van der Waals surface area contributed by atoms with E-state index in [0.29, 0.717) is 0 Å². The number of piperidine rings is 1. The number of hydrogen-bond acceptors (Lipinski definition) is 2. The van der Waals surface area contributed by atoms with Gasteiger partial charge in [0.25, 0.3) is 0 Å². The van der Waals surface area contributed by atoms with Crippen molar-refractivity contribution in [3.05, 3.63) is 0 Å². The lowest BCUT2D eigenvalue weighted by molar-refractivity contribution is 0.185. The molecule has 0 aliphatic carbocycles. The predicted molar refractivity (Wildman–Crippen MR) is 69.0 cm³/mol. The zero-order chi connectivity index (χ0) is 12.1. The first-order valence-electron chi connectivity index (χ1n) is 7.01. The van der Waals surface area contributed by atoms with Gasteiger partial charge in [0.2, 0.25) is 0 Å². The van der Waals surface area contributed by atoms with Crippen LogP contribution in [0.4, 0.5) is 4.79 Å². The molecule has 0 aromatic rings. The molecule has 0 radical (unpaired) electrons. The summed E-state index contributed by atoms with van der Waals surface area (Å²) < 4.78 is 0. The Morgan fingerprint density at radius 1 is 1.18 bits per heavy atom. The van der Waals surface area contributed by atoms with Crippen LogP contribution in [0.25, 0.3) is 0 Å². The van der Waals surface area contributed by atoms with Crippen molar-refractivity contribution in [3.63, 3.8) is 0 Å². The zero-order valence-electron chi connectivity index (χ0n) is 11.0. The van der Waals surface area contributed by atoms with Crippen molar-refractivity contribution < 1.29 is 4.79 Å². The molecule has 2 rings (SSSR count). The fourth-order valence-corrected chi connectivity index (χ4v) is 2.64. The van der Waals surface area contributed by atoms with Gasteiger partial charge in [-0.25, -0.2) is 4.79 Å². The second kappa shape index (κ2) is 6.24. The zero-order valence-corrected chi connectivity index (χ0v) is 11.0. The Hall–Kier alpha value is -0.770. The van der Waals surface area contributed by atoms with Gasteiger partial charge in [-0.05, 0) is 44.7 Å².